The molecule has 0 saturated heterocycles. The molecule has 0 aromatic carbocycles. The van der Waals surface area contributed by atoms with Gasteiger partial charge in [-0.2, -0.15) is 0 Å². The lowest BCUT2D eigenvalue weighted by Gasteiger charge is -2.19. The highest BCUT2D eigenvalue weighted by molar-refractivity contribution is 5.97. The normalized spacial score (nSPS) is 11.5. The fraction of sp³-hybridized carbons (Fsp3) is 0.571. The molecule has 0 saturated carbocycles. The molecule has 1 aromatic heterocycles. The van der Waals surface area contributed by atoms with Crippen molar-refractivity contribution >= 4 is 5.91 Å². The van der Waals surface area contributed by atoms with Crippen LogP contribution in [-0.2, 0) is 0 Å². The van der Waals surface area contributed by atoms with Gasteiger partial charge in [-0.1, -0.05) is 0 Å². The molecule has 0 spiro atoms. The standard InChI is InChI=1S/C14H22N2O2/c1-8-9(2)12(11(4)16-10(8)3)13(17)15-7-14(5,6)18/h18H,7H2,1-6H3,(H,15,17). The number of amides is 1. The van der Waals surface area contributed by atoms with Gasteiger partial charge in [-0.25, -0.2) is 0 Å². The molecule has 100 valence electrons. The van der Waals surface area contributed by atoms with Crippen LogP contribution in [0.25, 0.3) is 0 Å². The zero-order valence-electron chi connectivity index (χ0n) is 12.0. The zero-order valence-corrected chi connectivity index (χ0v) is 12.0. The summed E-state index contributed by atoms with van der Waals surface area (Å²) in [5, 5.41) is 12.4. The highest BCUT2D eigenvalue weighted by atomic mass is 16.3. The molecule has 4 heteroatoms. The van der Waals surface area contributed by atoms with Crippen molar-refractivity contribution in [2.45, 2.75) is 47.1 Å². The minimum atomic E-state index is -0.912. The number of hydrogen-bond acceptors (Lipinski definition) is 3. The monoisotopic (exact) mass is 250 g/mol. The Hall–Kier alpha value is -1.42. The SMILES string of the molecule is Cc1nc(C)c(C(=O)NCC(C)(C)O)c(C)c1C. The fourth-order valence-electron chi connectivity index (χ4n) is 1.84. The van der Waals surface area contributed by atoms with Crippen molar-refractivity contribution in [1.29, 1.82) is 0 Å². The molecule has 18 heavy (non-hydrogen) atoms. The smallest absolute Gasteiger partial charge is 0.253 e. The predicted octanol–water partition coefficient (Wildman–Crippen LogP) is 1.82. The van der Waals surface area contributed by atoms with E-state index in [4.69, 9.17) is 0 Å². The Morgan fingerprint density at radius 1 is 1.17 bits per heavy atom. The van der Waals surface area contributed by atoms with Crippen molar-refractivity contribution in [1.82, 2.24) is 10.3 Å². The number of carbonyl (C=O) groups is 1. The van der Waals surface area contributed by atoms with Crippen molar-refractivity contribution in [3.8, 4) is 0 Å². The molecule has 0 aliphatic rings. The minimum absolute atomic E-state index is 0.178. The van der Waals surface area contributed by atoms with E-state index in [1.165, 1.54) is 0 Å². The number of nitrogens with zero attached hydrogens (tertiary/aromatic N) is 1. The lowest BCUT2D eigenvalue weighted by atomic mass is 10.00. The van der Waals surface area contributed by atoms with Gasteiger partial charge in [-0.3, -0.25) is 9.78 Å². The van der Waals surface area contributed by atoms with E-state index in [1.807, 2.05) is 27.7 Å². The molecule has 0 aliphatic heterocycles. The van der Waals surface area contributed by atoms with Gasteiger partial charge in [0.25, 0.3) is 5.91 Å². The van der Waals surface area contributed by atoms with Gasteiger partial charge in [0, 0.05) is 12.2 Å². The predicted molar refractivity (Wildman–Crippen MR) is 71.8 cm³/mol. The summed E-state index contributed by atoms with van der Waals surface area (Å²) in [6.45, 7) is 11.2. The number of nitrogens with one attached hydrogen (secondary N) is 1. The fourth-order valence-corrected chi connectivity index (χ4v) is 1.84. The Morgan fingerprint density at radius 2 is 1.72 bits per heavy atom. The van der Waals surface area contributed by atoms with E-state index in [0.717, 1.165) is 22.5 Å². The Labute approximate surface area is 108 Å². The Balaban J connectivity index is 3.04. The van der Waals surface area contributed by atoms with E-state index < -0.39 is 5.60 Å². The number of pyridine rings is 1. The van der Waals surface area contributed by atoms with Crippen molar-refractivity contribution in [2.24, 2.45) is 0 Å². The summed E-state index contributed by atoms with van der Waals surface area (Å²) in [6.07, 6.45) is 0. The van der Waals surface area contributed by atoms with Crippen LogP contribution in [0.1, 0.15) is 46.7 Å². The van der Waals surface area contributed by atoms with E-state index in [1.54, 1.807) is 13.8 Å². The first kappa shape index (κ1) is 14.6. The third kappa shape index (κ3) is 3.29. The molecule has 1 amide bonds. The van der Waals surface area contributed by atoms with E-state index in [0.29, 0.717) is 5.56 Å². The number of aryl methyl sites for hydroxylation is 2. The number of rotatable bonds is 3. The molecule has 0 atom stereocenters. The van der Waals surface area contributed by atoms with Gasteiger partial charge < -0.3 is 10.4 Å². The highest BCUT2D eigenvalue weighted by Crippen LogP contribution is 2.18. The average molecular weight is 250 g/mol. The topological polar surface area (TPSA) is 62.2 Å². The zero-order chi connectivity index (χ0) is 14.1. The summed E-state index contributed by atoms with van der Waals surface area (Å²) >= 11 is 0. The summed E-state index contributed by atoms with van der Waals surface area (Å²) < 4.78 is 0. The quantitative estimate of drug-likeness (QED) is 0.860. The lowest BCUT2D eigenvalue weighted by Crippen LogP contribution is -2.38. The number of hydrogen-bond donors (Lipinski definition) is 2. The third-order valence-corrected chi connectivity index (χ3v) is 3.09. The largest absolute Gasteiger partial charge is 0.389 e. The Kier molecular flexibility index (Phi) is 4.12. The van der Waals surface area contributed by atoms with Crippen LogP contribution < -0.4 is 5.32 Å². The van der Waals surface area contributed by atoms with Crippen molar-refractivity contribution in [2.75, 3.05) is 6.54 Å². The van der Waals surface area contributed by atoms with Crippen LogP contribution in [0.3, 0.4) is 0 Å². The highest BCUT2D eigenvalue weighted by Gasteiger charge is 2.19. The third-order valence-electron chi connectivity index (χ3n) is 3.09. The van der Waals surface area contributed by atoms with Crippen molar-refractivity contribution < 1.29 is 9.90 Å². The Bertz CT molecular complexity index is 474. The molecule has 2 N–H and O–H groups in total. The molecule has 0 radical (unpaired) electrons. The summed E-state index contributed by atoms with van der Waals surface area (Å²) in [4.78, 5) is 16.5. The van der Waals surface area contributed by atoms with Crippen LogP contribution in [0.15, 0.2) is 0 Å². The van der Waals surface area contributed by atoms with Crippen LogP contribution in [0.2, 0.25) is 0 Å². The summed E-state index contributed by atoms with van der Waals surface area (Å²) in [7, 11) is 0. The average Bonchev–Trinajstić information content (AvgIpc) is 2.22. The first-order valence-electron chi connectivity index (χ1n) is 6.08. The number of aliphatic hydroxyl groups is 1. The minimum Gasteiger partial charge on any atom is -0.389 e. The van der Waals surface area contributed by atoms with Crippen LogP contribution in [0.4, 0.5) is 0 Å². The molecule has 0 bridgehead atoms. The van der Waals surface area contributed by atoms with Gasteiger partial charge in [0.05, 0.1) is 16.9 Å². The second kappa shape index (κ2) is 5.06. The van der Waals surface area contributed by atoms with E-state index >= 15 is 0 Å². The van der Waals surface area contributed by atoms with Crippen LogP contribution in [0, 0.1) is 27.7 Å². The molecule has 0 unspecified atom stereocenters. The second-order valence-corrected chi connectivity index (χ2v) is 5.40. The van der Waals surface area contributed by atoms with Gasteiger partial charge in [-0.05, 0) is 52.7 Å². The molecule has 0 fully saturated rings. The molecule has 1 rings (SSSR count). The van der Waals surface area contributed by atoms with Crippen molar-refractivity contribution in [3.05, 3.63) is 28.1 Å². The van der Waals surface area contributed by atoms with Crippen LogP contribution in [-0.4, -0.2) is 28.1 Å². The van der Waals surface area contributed by atoms with E-state index in [9.17, 15) is 9.90 Å². The van der Waals surface area contributed by atoms with E-state index in [2.05, 4.69) is 10.3 Å². The molecule has 1 heterocycles. The van der Waals surface area contributed by atoms with Gasteiger partial charge in [-0.15, -0.1) is 0 Å². The van der Waals surface area contributed by atoms with Crippen LogP contribution in [0.5, 0.6) is 0 Å². The molecule has 0 aliphatic carbocycles. The maximum absolute atomic E-state index is 12.1. The second-order valence-electron chi connectivity index (χ2n) is 5.40. The number of aromatic nitrogens is 1. The maximum atomic E-state index is 12.1. The lowest BCUT2D eigenvalue weighted by molar-refractivity contribution is 0.0693. The molecule has 1 aromatic rings. The Morgan fingerprint density at radius 3 is 2.22 bits per heavy atom. The maximum Gasteiger partial charge on any atom is 0.253 e. The van der Waals surface area contributed by atoms with Gasteiger partial charge >= 0.3 is 0 Å². The van der Waals surface area contributed by atoms with E-state index in [-0.39, 0.29) is 12.5 Å². The molecular weight excluding hydrogens is 228 g/mol. The molecular formula is C14H22N2O2. The summed E-state index contributed by atoms with van der Waals surface area (Å²) in [6, 6.07) is 0. The first-order valence-corrected chi connectivity index (χ1v) is 6.08. The van der Waals surface area contributed by atoms with Gasteiger partial charge in [0.1, 0.15) is 0 Å². The van der Waals surface area contributed by atoms with Crippen LogP contribution >= 0.6 is 0 Å². The molecule has 4 nitrogen and oxygen atoms in total. The van der Waals surface area contributed by atoms with Crippen molar-refractivity contribution in [3.63, 3.8) is 0 Å². The van der Waals surface area contributed by atoms with Gasteiger partial charge in [0.2, 0.25) is 0 Å². The number of carbonyl (C=O) groups excluding carboxylic acids is 1. The summed E-state index contributed by atoms with van der Waals surface area (Å²) in [5.74, 6) is -0.178. The summed E-state index contributed by atoms with van der Waals surface area (Å²) in [5.41, 5.74) is 3.36. The van der Waals surface area contributed by atoms with Gasteiger partial charge in [0.15, 0.2) is 0 Å². The first-order chi connectivity index (χ1) is 8.13.